The smallest absolute Gasteiger partial charge is 0.161 e. The fraction of sp³-hybridized carbons (Fsp3) is 0.235. The summed E-state index contributed by atoms with van der Waals surface area (Å²) < 4.78 is 33.9. The standard InChI is InChI=1S/C17H17F2N3O/c1-23-12-4-2-11(3-5-12)8-17-21-15-9-13(18)14(19)10-16(15)22(17)7-6-20/h2-5,9-10H,6-8,20H2,1H3. The summed E-state index contributed by atoms with van der Waals surface area (Å²) in [6.45, 7) is 0.882. The lowest BCUT2D eigenvalue weighted by molar-refractivity contribution is 0.414. The molecule has 0 aliphatic carbocycles. The van der Waals surface area contributed by atoms with Crippen LogP contribution in [0.15, 0.2) is 36.4 Å². The van der Waals surface area contributed by atoms with Crippen molar-refractivity contribution in [2.24, 2.45) is 5.73 Å². The monoisotopic (exact) mass is 317 g/mol. The average molecular weight is 317 g/mol. The third kappa shape index (κ3) is 3.03. The van der Waals surface area contributed by atoms with E-state index in [0.29, 0.717) is 30.5 Å². The number of hydrogen-bond acceptors (Lipinski definition) is 3. The van der Waals surface area contributed by atoms with Crippen LogP contribution < -0.4 is 10.5 Å². The number of aromatic nitrogens is 2. The third-order valence-corrected chi connectivity index (χ3v) is 3.74. The lowest BCUT2D eigenvalue weighted by atomic mass is 10.1. The lowest BCUT2D eigenvalue weighted by Crippen LogP contribution is -2.13. The second-order valence-electron chi connectivity index (χ2n) is 5.25. The van der Waals surface area contributed by atoms with Crippen molar-refractivity contribution in [3.63, 3.8) is 0 Å². The first-order chi connectivity index (χ1) is 11.1. The van der Waals surface area contributed by atoms with Crippen LogP contribution in [0.2, 0.25) is 0 Å². The fourth-order valence-corrected chi connectivity index (χ4v) is 2.61. The first-order valence-electron chi connectivity index (χ1n) is 7.29. The minimum absolute atomic E-state index is 0.389. The number of nitrogens with two attached hydrogens (primary N) is 1. The molecule has 23 heavy (non-hydrogen) atoms. The zero-order valence-electron chi connectivity index (χ0n) is 12.7. The van der Waals surface area contributed by atoms with Crippen molar-refractivity contribution in [1.29, 1.82) is 0 Å². The Kier molecular flexibility index (Phi) is 4.25. The predicted octanol–water partition coefficient (Wildman–Crippen LogP) is 2.87. The second kappa shape index (κ2) is 6.34. The van der Waals surface area contributed by atoms with Gasteiger partial charge in [-0.25, -0.2) is 13.8 Å². The molecule has 0 aliphatic heterocycles. The van der Waals surface area contributed by atoms with Crippen molar-refractivity contribution in [2.75, 3.05) is 13.7 Å². The molecule has 0 saturated carbocycles. The molecule has 0 bridgehead atoms. The Bertz CT molecular complexity index is 828. The first kappa shape index (κ1) is 15.4. The normalized spacial score (nSPS) is 11.1. The van der Waals surface area contributed by atoms with E-state index >= 15 is 0 Å². The molecule has 2 aromatic carbocycles. The summed E-state index contributed by atoms with van der Waals surface area (Å²) in [5, 5.41) is 0. The number of hydrogen-bond donors (Lipinski definition) is 1. The maximum Gasteiger partial charge on any atom is 0.161 e. The molecule has 0 atom stereocenters. The van der Waals surface area contributed by atoms with Crippen LogP contribution in [0.3, 0.4) is 0 Å². The summed E-state index contributed by atoms with van der Waals surface area (Å²) in [4.78, 5) is 4.44. The van der Waals surface area contributed by atoms with Crippen LogP contribution in [0.25, 0.3) is 11.0 Å². The maximum atomic E-state index is 13.5. The molecular weight excluding hydrogens is 300 g/mol. The quantitative estimate of drug-likeness (QED) is 0.787. The molecule has 6 heteroatoms. The molecule has 2 N–H and O–H groups in total. The highest BCUT2D eigenvalue weighted by molar-refractivity contribution is 5.76. The van der Waals surface area contributed by atoms with Gasteiger partial charge in [-0.1, -0.05) is 12.1 Å². The van der Waals surface area contributed by atoms with E-state index in [-0.39, 0.29) is 0 Å². The van der Waals surface area contributed by atoms with Gasteiger partial charge in [0.05, 0.1) is 18.1 Å². The highest BCUT2D eigenvalue weighted by Gasteiger charge is 2.14. The zero-order chi connectivity index (χ0) is 16.4. The average Bonchev–Trinajstić information content (AvgIpc) is 2.86. The number of methoxy groups -OCH3 is 1. The van der Waals surface area contributed by atoms with Crippen LogP contribution in [0.1, 0.15) is 11.4 Å². The van der Waals surface area contributed by atoms with E-state index in [1.54, 1.807) is 7.11 Å². The van der Waals surface area contributed by atoms with Crippen molar-refractivity contribution in [3.8, 4) is 5.75 Å². The van der Waals surface area contributed by atoms with E-state index in [2.05, 4.69) is 4.98 Å². The van der Waals surface area contributed by atoms with Crippen LogP contribution in [0.4, 0.5) is 8.78 Å². The van der Waals surface area contributed by atoms with Crippen LogP contribution in [-0.2, 0) is 13.0 Å². The molecule has 120 valence electrons. The Morgan fingerprint density at radius 3 is 2.48 bits per heavy atom. The number of benzene rings is 2. The third-order valence-electron chi connectivity index (χ3n) is 3.74. The molecule has 4 nitrogen and oxygen atoms in total. The van der Waals surface area contributed by atoms with Gasteiger partial charge in [-0.15, -0.1) is 0 Å². The van der Waals surface area contributed by atoms with Crippen molar-refractivity contribution in [1.82, 2.24) is 9.55 Å². The Labute approximate surface area is 132 Å². The van der Waals surface area contributed by atoms with Crippen LogP contribution in [0, 0.1) is 11.6 Å². The van der Waals surface area contributed by atoms with Gasteiger partial charge in [0, 0.05) is 31.6 Å². The number of fused-ring (bicyclic) bond motifs is 1. The summed E-state index contributed by atoms with van der Waals surface area (Å²) in [5.41, 5.74) is 7.66. The lowest BCUT2D eigenvalue weighted by Gasteiger charge is -2.08. The minimum atomic E-state index is -0.897. The van der Waals surface area contributed by atoms with Gasteiger partial charge in [-0.3, -0.25) is 0 Å². The first-order valence-corrected chi connectivity index (χ1v) is 7.29. The van der Waals surface area contributed by atoms with Crippen LogP contribution >= 0.6 is 0 Å². The van der Waals surface area contributed by atoms with Gasteiger partial charge in [0.25, 0.3) is 0 Å². The summed E-state index contributed by atoms with van der Waals surface area (Å²) in [6, 6.07) is 9.90. The Balaban J connectivity index is 2.02. The van der Waals surface area contributed by atoms with Crippen molar-refractivity contribution in [2.45, 2.75) is 13.0 Å². The van der Waals surface area contributed by atoms with E-state index in [0.717, 1.165) is 23.2 Å². The molecule has 3 aromatic rings. The molecule has 0 unspecified atom stereocenters. The molecule has 1 aromatic heterocycles. The van der Waals surface area contributed by atoms with Gasteiger partial charge in [-0.05, 0) is 17.7 Å². The van der Waals surface area contributed by atoms with Crippen molar-refractivity contribution >= 4 is 11.0 Å². The van der Waals surface area contributed by atoms with E-state index in [1.807, 2.05) is 28.8 Å². The molecular formula is C17H17F2N3O. The number of imidazole rings is 1. The number of nitrogens with zero attached hydrogens (tertiary/aromatic N) is 2. The molecule has 0 aliphatic rings. The van der Waals surface area contributed by atoms with Crippen molar-refractivity contribution < 1.29 is 13.5 Å². The Hall–Kier alpha value is -2.47. The van der Waals surface area contributed by atoms with Crippen LogP contribution in [-0.4, -0.2) is 23.2 Å². The molecule has 0 spiro atoms. The molecule has 0 radical (unpaired) electrons. The van der Waals surface area contributed by atoms with E-state index in [9.17, 15) is 8.78 Å². The molecule has 1 heterocycles. The topological polar surface area (TPSA) is 53.1 Å². The Morgan fingerprint density at radius 2 is 1.83 bits per heavy atom. The van der Waals surface area contributed by atoms with Gasteiger partial charge >= 0.3 is 0 Å². The fourth-order valence-electron chi connectivity index (χ4n) is 2.61. The Morgan fingerprint density at radius 1 is 1.13 bits per heavy atom. The molecule has 3 rings (SSSR count). The SMILES string of the molecule is COc1ccc(Cc2nc3cc(F)c(F)cc3n2CCN)cc1. The zero-order valence-corrected chi connectivity index (χ0v) is 12.7. The summed E-state index contributed by atoms with van der Waals surface area (Å²) in [7, 11) is 1.61. The number of ether oxygens (including phenoxy) is 1. The van der Waals surface area contributed by atoms with Gasteiger partial charge in [0.1, 0.15) is 11.6 Å². The minimum Gasteiger partial charge on any atom is -0.497 e. The second-order valence-corrected chi connectivity index (χ2v) is 5.25. The van der Waals surface area contributed by atoms with Gasteiger partial charge < -0.3 is 15.0 Å². The molecule has 0 fully saturated rings. The number of halogens is 2. The molecule has 0 saturated heterocycles. The van der Waals surface area contributed by atoms with Crippen molar-refractivity contribution in [3.05, 3.63) is 59.4 Å². The van der Waals surface area contributed by atoms with E-state index < -0.39 is 11.6 Å². The highest BCUT2D eigenvalue weighted by Crippen LogP contribution is 2.22. The maximum absolute atomic E-state index is 13.5. The van der Waals surface area contributed by atoms with Gasteiger partial charge in [0.2, 0.25) is 0 Å². The molecule has 0 amide bonds. The summed E-state index contributed by atoms with van der Waals surface area (Å²) >= 11 is 0. The van der Waals surface area contributed by atoms with E-state index in [4.69, 9.17) is 10.5 Å². The predicted molar refractivity (Wildman–Crippen MR) is 84.5 cm³/mol. The highest BCUT2D eigenvalue weighted by atomic mass is 19.2. The summed E-state index contributed by atoms with van der Waals surface area (Å²) in [6.07, 6.45) is 0.544. The van der Waals surface area contributed by atoms with Gasteiger partial charge in [0.15, 0.2) is 11.6 Å². The number of rotatable bonds is 5. The van der Waals surface area contributed by atoms with Gasteiger partial charge in [-0.2, -0.15) is 0 Å². The van der Waals surface area contributed by atoms with Crippen LogP contribution in [0.5, 0.6) is 5.75 Å². The van der Waals surface area contributed by atoms with E-state index in [1.165, 1.54) is 6.07 Å². The summed E-state index contributed by atoms with van der Waals surface area (Å²) in [5.74, 6) is -0.286. The largest absolute Gasteiger partial charge is 0.497 e.